The van der Waals surface area contributed by atoms with Crippen LogP contribution in [0, 0.1) is 20.8 Å². The van der Waals surface area contributed by atoms with Gasteiger partial charge in [-0.25, -0.2) is 0 Å². The lowest BCUT2D eigenvalue weighted by Crippen LogP contribution is -1.90. The number of hydrogen-bond acceptors (Lipinski definition) is 2. The van der Waals surface area contributed by atoms with E-state index in [-0.39, 0.29) is 0 Å². The molecular weight excluding hydrogens is 348 g/mol. The quantitative estimate of drug-likeness (QED) is 0.325. The van der Waals surface area contributed by atoms with Gasteiger partial charge < -0.3 is 5.11 Å². The molecule has 0 radical (unpaired) electrons. The molecule has 0 aliphatic rings. The summed E-state index contributed by atoms with van der Waals surface area (Å²) in [7, 11) is 0. The van der Waals surface area contributed by atoms with E-state index in [1.165, 1.54) is 47.6 Å². The van der Waals surface area contributed by atoms with E-state index in [0.717, 1.165) is 11.1 Å². The van der Waals surface area contributed by atoms with Gasteiger partial charge in [-0.15, -0.1) is 11.3 Å². The molecule has 0 fully saturated rings. The Morgan fingerprint density at radius 2 is 1.33 bits per heavy atom. The molecule has 2 heteroatoms. The second kappa shape index (κ2) is 5.83. The molecule has 1 aromatic heterocycles. The van der Waals surface area contributed by atoms with Crippen molar-refractivity contribution >= 4 is 42.3 Å². The average Bonchev–Trinajstić information content (AvgIpc) is 3.06. The van der Waals surface area contributed by atoms with Crippen LogP contribution in [0.2, 0.25) is 0 Å². The van der Waals surface area contributed by atoms with Crippen molar-refractivity contribution in [2.24, 2.45) is 0 Å². The highest BCUT2D eigenvalue weighted by molar-refractivity contribution is 7.26. The number of phenolic OH excluding ortho intramolecular Hbond substituents is 1. The van der Waals surface area contributed by atoms with Crippen molar-refractivity contribution in [2.75, 3.05) is 0 Å². The van der Waals surface area contributed by atoms with Crippen LogP contribution in [0.25, 0.3) is 42.1 Å². The Kier molecular flexibility index (Phi) is 3.53. The van der Waals surface area contributed by atoms with E-state index in [0.29, 0.717) is 5.75 Å². The fourth-order valence-electron chi connectivity index (χ4n) is 4.24. The number of aromatic hydroxyl groups is 1. The molecule has 5 rings (SSSR count). The molecule has 0 amide bonds. The number of fused-ring (bicyclic) bond motifs is 4. The second-order valence-electron chi connectivity index (χ2n) is 7.31. The first kappa shape index (κ1) is 16.3. The summed E-state index contributed by atoms with van der Waals surface area (Å²) < 4.78 is 2.67. The topological polar surface area (TPSA) is 20.2 Å². The zero-order valence-electron chi connectivity index (χ0n) is 15.6. The third-order valence-electron chi connectivity index (χ3n) is 5.57. The number of rotatable bonds is 1. The largest absolute Gasteiger partial charge is 0.507 e. The minimum atomic E-state index is 0.390. The van der Waals surface area contributed by atoms with Gasteiger partial charge in [-0.1, -0.05) is 42.5 Å². The number of hydrogen-bond donors (Lipinski definition) is 1. The maximum absolute atomic E-state index is 10.3. The standard InChI is InChI=1S/C25H20OS/c1-14-12-17(13-15(2)24(14)26)22-19-9-5-4-8-18(19)16(3)25-23(22)20-10-6-7-11-21(20)27-25/h4-13,26H,1-3H3. The first-order chi connectivity index (χ1) is 13.1. The Morgan fingerprint density at radius 3 is 2.04 bits per heavy atom. The fourth-order valence-corrected chi connectivity index (χ4v) is 5.47. The lowest BCUT2D eigenvalue weighted by atomic mass is 9.89. The Bertz CT molecular complexity index is 1330. The highest BCUT2D eigenvalue weighted by atomic mass is 32.1. The monoisotopic (exact) mass is 368 g/mol. The van der Waals surface area contributed by atoms with Gasteiger partial charge in [0.1, 0.15) is 5.75 Å². The highest BCUT2D eigenvalue weighted by Gasteiger charge is 2.18. The van der Waals surface area contributed by atoms with Crippen LogP contribution in [0.3, 0.4) is 0 Å². The molecule has 0 atom stereocenters. The van der Waals surface area contributed by atoms with Gasteiger partial charge in [-0.05, 0) is 77.6 Å². The zero-order chi connectivity index (χ0) is 18.7. The molecule has 1 N–H and O–H groups in total. The maximum atomic E-state index is 10.3. The van der Waals surface area contributed by atoms with Gasteiger partial charge in [-0.2, -0.15) is 0 Å². The highest BCUT2D eigenvalue weighted by Crippen LogP contribution is 2.46. The summed E-state index contributed by atoms with van der Waals surface area (Å²) >= 11 is 1.87. The van der Waals surface area contributed by atoms with Crippen molar-refractivity contribution in [3.63, 3.8) is 0 Å². The van der Waals surface area contributed by atoms with Crippen LogP contribution in [0.4, 0.5) is 0 Å². The smallest absolute Gasteiger partial charge is 0.121 e. The summed E-state index contributed by atoms with van der Waals surface area (Å²) in [5.74, 6) is 0.390. The second-order valence-corrected chi connectivity index (χ2v) is 8.36. The first-order valence-corrected chi connectivity index (χ1v) is 10.0. The molecule has 0 unspecified atom stereocenters. The molecular formula is C25H20OS. The van der Waals surface area contributed by atoms with E-state index in [1.54, 1.807) is 0 Å². The lowest BCUT2D eigenvalue weighted by molar-refractivity contribution is 0.467. The molecule has 0 bridgehead atoms. The molecule has 0 saturated heterocycles. The van der Waals surface area contributed by atoms with Crippen LogP contribution in [0.1, 0.15) is 16.7 Å². The number of benzene rings is 4. The van der Waals surface area contributed by atoms with E-state index < -0.39 is 0 Å². The summed E-state index contributed by atoms with van der Waals surface area (Å²) in [6.07, 6.45) is 0. The fraction of sp³-hybridized carbons (Fsp3) is 0.120. The third kappa shape index (κ3) is 2.30. The van der Waals surface area contributed by atoms with Gasteiger partial charge in [0.15, 0.2) is 0 Å². The first-order valence-electron chi connectivity index (χ1n) is 9.19. The van der Waals surface area contributed by atoms with E-state index in [1.807, 2.05) is 25.2 Å². The van der Waals surface area contributed by atoms with Crippen LogP contribution in [0.5, 0.6) is 5.75 Å². The predicted molar refractivity (Wildman–Crippen MR) is 118 cm³/mol. The van der Waals surface area contributed by atoms with Gasteiger partial charge in [0, 0.05) is 20.2 Å². The summed E-state index contributed by atoms with van der Waals surface area (Å²) in [5, 5.41) is 15.5. The van der Waals surface area contributed by atoms with Gasteiger partial charge in [0.25, 0.3) is 0 Å². The van der Waals surface area contributed by atoms with Gasteiger partial charge in [0.05, 0.1) is 0 Å². The Hall–Kier alpha value is -2.84. The molecule has 5 aromatic rings. The number of phenols is 1. The van der Waals surface area contributed by atoms with Crippen molar-refractivity contribution < 1.29 is 5.11 Å². The Balaban J connectivity index is 2.08. The molecule has 0 spiro atoms. The predicted octanol–water partition coefficient (Wildman–Crippen LogP) is 7.51. The van der Waals surface area contributed by atoms with Crippen molar-refractivity contribution in [2.45, 2.75) is 20.8 Å². The van der Waals surface area contributed by atoms with Crippen molar-refractivity contribution in [1.29, 1.82) is 0 Å². The van der Waals surface area contributed by atoms with E-state index >= 15 is 0 Å². The molecule has 1 nitrogen and oxygen atoms in total. The zero-order valence-corrected chi connectivity index (χ0v) is 16.4. The average molecular weight is 369 g/mol. The third-order valence-corrected chi connectivity index (χ3v) is 6.86. The van der Waals surface area contributed by atoms with E-state index in [4.69, 9.17) is 0 Å². The normalized spacial score (nSPS) is 11.7. The van der Waals surface area contributed by atoms with Crippen LogP contribution < -0.4 is 0 Å². The molecule has 27 heavy (non-hydrogen) atoms. The molecule has 132 valence electrons. The molecule has 0 aliphatic carbocycles. The minimum Gasteiger partial charge on any atom is -0.507 e. The number of thiophene rings is 1. The summed E-state index contributed by atoms with van der Waals surface area (Å²) in [5.41, 5.74) is 5.63. The van der Waals surface area contributed by atoms with E-state index in [9.17, 15) is 5.11 Å². The molecule has 0 saturated carbocycles. The Morgan fingerprint density at radius 1 is 0.741 bits per heavy atom. The van der Waals surface area contributed by atoms with Crippen molar-refractivity contribution in [1.82, 2.24) is 0 Å². The maximum Gasteiger partial charge on any atom is 0.121 e. The summed E-state index contributed by atoms with van der Waals surface area (Å²) in [4.78, 5) is 0. The summed E-state index contributed by atoms with van der Waals surface area (Å²) in [6.45, 7) is 6.19. The van der Waals surface area contributed by atoms with Gasteiger partial charge in [0.2, 0.25) is 0 Å². The van der Waals surface area contributed by atoms with Crippen molar-refractivity contribution in [3.05, 3.63) is 77.4 Å². The number of aryl methyl sites for hydroxylation is 3. The van der Waals surface area contributed by atoms with Crippen LogP contribution in [0.15, 0.2) is 60.7 Å². The molecule has 4 aromatic carbocycles. The minimum absolute atomic E-state index is 0.390. The summed E-state index contributed by atoms with van der Waals surface area (Å²) in [6, 6.07) is 21.6. The van der Waals surface area contributed by atoms with Crippen LogP contribution in [-0.2, 0) is 0 Å². The SMILES string of the molecule is Cc1cc(-c2c3ccccc3c(C)c3sc4ccccc4c23)cc(C)c1O. The van der Waals surface area contributed by atoms with Crippen LogP contribution >= 0.6 is 11.3 Å². The van der Waals surface area contributed by atoms with Gasteiger partial charge in [-0.3, -0.25) is 0 Å². The van der Waals surface area contributed by atoms with Crippen LogP contribution in [-0.4, -0.2) is 5.11 Å². The van der Waals surface area contributed by atoms with E-state index in [2.05, 4.69) is 67.6 Å². The lowest BCUT2D eigenvalue weighted by Gasteiger charge is -2.15. The Labute approximate surface area is 162 Å². The van der Waals surface area contributed by atoms with Crippen molar-refractivity contribution in [3.8, 4) is 16.9 Å². The van der Waals surface area contributed by atoms with Gasteiger partial charge >= 0.3 is 0 Å². The molecule has 1 heterocycles. The molecule has 0 aliphatic heterocycles.